The lowest BCUT2D eigenvalue weighted by Crippen LogP contribution is -2.14. The van der Waals surface area contributed by atoms with E-state index >= 15 is 0 Å². The average Bonchev–Trinajstić information content (AvgIpc) is 3.13. The number of hydrogen-bond donors (Lipinski definition) is 2. The SMILES string of the molecule is N#CCC(=O)Nc1cccc(NC(=O)C2CC2)c1. The zero-order chi connectivity index (χ0) is 13.0. The number of nitriles is 1. The lowest BCUT2D eigenvalue weighted by Gasteiger charge is -2.07. The van der Waals surface area contributed by atoms with Crippen LogP contribution in [0.4, 0.5) is 11.4 Å². The molecule has 0 unspecified atom stereocenters. The van der Waals surface area contributed by atoms with Crippen molar-refractivity contribution in [2.24, 2.45) is 5.92 Å². The Hall–Kier alpha value is -2.35. The van der Waals surface area contributed by atoms with Gasteiger partial charge >= 0.3 is 0 Å². The molecule has 1 aromatic carbocycles. The molecular weight excluding hydrogens is 230 g/mol. The molecule has 2 N–H and O–H groups in total. The molecule has 5 nitrogen and oxygen atoms in total. The molecule has 0 saturated heterocycles. The third kappa shape index (κ3) is 3.32. The molecule has 1 aliphatic rings. The standard InChI is InChI=1S/C13H13N3O2/c14-7-6-12(17)15-10-2-1-3-11(8-10)16-13(18)9-4-5-9/h1-3,8-9H,4-6H2,(H,15,17)(H,16,18). The fourth-order valence-electron chi connectivity index (χ4n) is 1.54. The predicted molar refractivity (Wildman–Crippen MR) is 66.7 cm³/mol. The first-order valence-electron chi connectivity index (χ1n) is 5.77. The Labute approximate surface area is 105 Å². The summed E-state index contributed by atoms with van der Waals surface area (Å²) in [7, 11) is 0. The summed E-state index contributed by atoms with van der Waals surface area (Å²) in [5, 5.41) is 13.8. The smallest absolute Gasteiger partial charge is 0.238 e. The Morgan fingerprint density at radius 2 is 1.94 bits per heavy atom. The summed E-state index contributed by atoms with van der Waals surface area (Å²) >= 11 is 0. The van der Waals surface area contributed by atoms with E-state index in [0.29, 0.717) is 11.4 Å². The molecule has 0 radical (unpaired) electrons. The summed E-state index contributed by atoms with van der Waals surface area (Å²) in [6.45, 7) is 0. The summed E-state index contributed by atoms with van der Waals surface area (Å²) in [6.07, 6.45) is 1.72. The fraction of sp³-hybridized carbons (Fsp3) is 0.308. The van der Waals surface area contributed by atoms with Crippen LogP contribution in [0.2, 0.25) is 0 Å². The summed E-state index contributed by atoms with van der Waals surface area (Å²) in [4.78, 5) is 22.8. The van der Waals surface area contributed by atoms with Crippen molar-refractivity contribution in [3.8, 4) is 6.07 Å². The number of nitrogens with zero attached hydrogens (tertiary/aromatic N) is 1. The third-order valence-electron chi connectivity index (χ3n) is 2.60. The van der Waals surface area contributed by atoms with E-state index in [-0.39, 0.29) is 24.2 Å². The summed E-state index contributed by atoms with van der Waals surface area (Å²) in [5.74, 6) is -0.194. The van der Waals surface area contributed by atoms with Crippen molar-refractivity contribution in [2.45, 2.75) is 19.3 Å². The molecule has 0 atom stereocenters. The number of hydrogen-bond acceptors (Lipinski definition) is 3. The minimum atomic E-state index is -0.358. The third-order valence-corrected chi connectivity index (χ3v) is 2.60. The van der Waals surface area contributed by atoms with E-state index in [2.05, 4.69) is 10.6 Å². The highest BCUT2D eigenvalue weighted by molar-refractivity contribution is 5.96. The van der Waals surface area contributed by atoms with E-state index in [1.54, 1.807) is 30.3 Å². The Balaban J connectivity index is 1.98. The van der Waals surface area contributed by atoms with Crippen molar-refractivity contribution in [3.63, 3.8) is 0 Å². The maximum Gasteiger partial charge on any atom is 0.238 e. The zero-order valence-electron chi connectivity index (χ0n) is 9.77. The van der Waals surface area contributed by atoms with Gasteiger partial charge in [-0.2, -0.15) is 5.26 Å². The number of anilines is 2. The molecule has 2 amide bonds. The maximum absolute atomic E-state index is 11.6. The second-order valence-electron chi connectivity index (χ2n) is 4.23. The van der Waals surface area contributed by atoms with Gasteiger partial charge in [-0.25, -0.2) is 0 Å². The van der Waals surface area contributed by atoms with E-state index in [0.717, 1.165) is 12.8 Å². The van der Waals surface area contributed by atoms with Crippen LogP contribution in [0.15, 0.2) is 24.3 Å². The highest BCUT2D eigenvalue weighted by atomic mass is 16.2. The molecule has 5 heteroatoms. The van der Waals surface area contributed by atoms with Gasteiger partial charge in [-0.15, -0.1) is 0 Å². The van der Waals surface area contributed by atoms with Crippen molar-refractivity contribution in [3.05, 3.63) is 24.3 Å². The Morgan fingerprint density at radius 1 is 1.28 bits per heavy atom. The number of carbonyl (C=O) groups excluding carboxylic acids is 2. The Morgan fingerprint density at radius 3 is 2.56 bits per heavy atom. The quantitative estimate of drug-likeness (QED) is 0.847. The van der Waals surface area contributed by atoms with Gasteiger partial charge in [0.05, 0.1) is 6.07 Å². The van der Waals surface area contributed by atoms with Gasteiger partial charge < -0.3 is 10.6 Å². The monoisotopic (exact) mass is 243 g/mol. The lowest BCUT2D eigenvalue weighted by molar-refractivity contribution is -0.117. The molecule has 1 aromatic rings. The molecule has 0 aliphatic heterocycles. The molecule has 1 aliphatic carbocycles. The number of nitrogens with one attached hydrogen (secondary N) is 2. The molecule has 18 heavy (non-hydrogen) atoms. The fourth-order valence-corrected chi connectivity index (χ4v) is 1.54. The van der Waals surface area contributed by atoms with E-state index < -0.39 is 0 Å². The maximum atomic E-state index is 11.6. The van der Waals surface area contributed by atoms with Gasteiger partial charge in [0.1, 0.15) is 6.42 Å². The summed E-state index contributed by atoms with van der Waals surface area (Å²) in [5.41, 5.74) is 1.23. The first kappa shape index (κ1) is 12.1. The van der Waals surface area contributed by atoms with Crippen LogP contribution >= 0.6 is 0 Å². The van der Waals surface area contributed by atoms with E-state index in [1.807, 2.05) is 0 Å². The average molecular weight is 243 g/mol. The van der Waals surface area contributed by atoms with Gasteiger partial charge in [-0.1, -0.05) is 6.07 Å². The van der Waals surface area contributed by atoms with Crippen molar-refractivity contribution in [2.75, 3.05) is 10.6 Å². The van der Waals surface area contributed by atoms with Crippen LogP contribution in [0, 0.1) is 17.2 Å². The Bertz CT molecular complexity index is 515. The van der Waals surface area contributed by atoms with Crippen LogP contribution < -0.4 is 10.6 Å². The highest BCUT2D eigenvalue weighted by Gasteiger charge is 2.29. The van der Waals surface area contributed by atoms with Crippen LogP contribution in [0.5, 0.6) is 0 Å². The summed E-state index contributed by atoms with van der Waals surface area (Å²) < 4.78 is 0. The van der Waals surface area contributed by atoms with Crippen LogP contribution in [0.25, 0.3) is 0 Å². The van der Waals surface area contributed by atoms with Gasteiger partial charge in [-0.05, 0) is 31.0 Å². The van der Waals surface area contributed by atoms with Crippen molar-refractivity contribution >= 4 is 23.2 Å². The van der Waals surface area contributed by atoms with Gasteiger partial charge in [0.15, 0.2) is 0 Å². The second-order valence-corrected chi connectivity index (χ2v) is 4.23. The number of rotatable bonds is 4. The molecule has 0 bridgehead atoms. The van der Waals surface area contributed by atoms with E-state index in [9.17, 15) is 9.59 Å². The topological polar surface area (TPSA) is 82.0 Å². The van der Waals surface area contributed by atoms with E-state index in [4.69, 9.17) is 5.26 Å². The first-order valence-corrected chi connectivity index (χ1v) is 5.77. The second kappa shape index (κ2) is 5.32. The Kier molecular flexibility index (Phi) is 3.58. The van der Waals surface area contributed by atoms with Crippen molar-refractivity contribution in [1.82, 2.24) is 0 Å². The van der Waals surface area contributed by atoms with Crippen LogP contribution in [-0.4, -0.2) is 11.8 Å². The van der Waals surface area contributed by atoms with Gasteiger partial charge in [-0.3, -0.25) is 9.59 Å². The molecule has 0 spiro atoms. The van der Waals surface area contributed by atoms with Crippen LogP contribution in [0.1, 0.15) is 19.3 Å². The highest BCUT2D eigenvalue weighted by Crippen LogP contribution is 2.30. The first-order chi connectivity index (χ1) is 8.69. The predicted octanol–water partition coefficient (Wildman–Crippen LogP) is 1.89. The van der Waals surface area contributed by atoms with Gasteiger partial charge in [0.2, 0.25) is 11.8 Å². The van der Waals surface area contributed by atoms with Gasteiger partial charge in [0, 0.05) is 17.3 Å². The van der Waals surface area contributed by atoms with E-state index in [1.165, 1.54) is 0 Å². The number of benzene rings is 1. The lowest BCUT2D eigenvalue weighted by atomic mass is 10.2. The molecule has 1 fully saturated rings. The summed E-state index contributed by atoms with van der Waals surface area (Å²) in [6, 6.07) is 8.67. The molecular formula is C13H13N3O2. The van der Waals surface area contributed by atoms with Crippen LogP contribution in [0.3, 0.4) is 0 Å². The molecule has 0 aromatic heterocycles. The zero-order valence-corrected chi connectivity index (χ0v) is 9.77. The minimum Gasteiger partial charge on any atom is -0.326 e. The molecule has 2 rings (SSSR count). The minimum absolute atomic E-state index is 0.0236. The molecule has 1 saturated carbocycles. The number of amides is 2. The van der Waals surface area contributed by atoms with Crippen molar-refractivity contribution < 1.29 is 9.59 Å². The molecule has 0 heterocycles. The normalized spacial score (nSPS) is 13.5. The molecule has 92 valence electrons. The number of carbonyl (C=O) groups is 2. The van der Waals surface area contributed by atoms with Crippen LogP contribution in [-0.2, 0) is 9.59 Å². The largest absolute Gasteiger partial charge is 0.326 e. The van der Waals surface area contributed by atoms with Crippen molar-refractivity contribution in [1.29, 1.82) is 5.26 Å². The van der Waals surface area contributed by atoms with Gasteiger partial charge in [0.25, 0.3) is 0 Å².